The van der Waals surface area contributed by atoms with Crippen molar-refractivity contribution in [3.63, 3.8) is 0 Å². The minimum absolute atomic E-state index is 0.0116. The summed E-state index contributed by atoms with van der Waals surface area (Å²) in [6.45, 7) is 13.4. The molecule has 0 spiro atoms. The first-order chi connectivity index (χ1) is 32.0. The number of hydrogen-bond donors (Lipinski definition) is 3. The van der Waals surface area contributed by atoms with E-state index in [9.17, 15) is 14.7 Å². The molecular formula is C49H53N9O6S2. The Kier molecular flexibility index (Phi) is 12.2. The fourth-order valence-electron chi connectivity index (χ4n) is 9.55. The lowest BCUT2D eigenvalue weighted by Gasteiger charge is -2.36. The lowest BCUT2D eigenvalue weighted by atomic mass is 9.86. The van der Waals surface area contributed by atoms with Gasteiger partial charge in [-0.15, -0.1) is 22.7 Å². The molecule has 2 aromatic carbocycles. The van der Waals surface area contributed by atoms with Gasteiger partial charge in [-0.2, -0.15) is 0 Å². The molecule has 3 atom stereocenters. The van der Waals surface area contributed by atoms with Crippen molar-refractivity contribution in [2.24, 2.45) is 21.8 Å². The van der Waals surface area contributed by atoms with Crippen molar-refractivity contribution in [2.75, 3.05) is 30.4 Å². The van der Waals surface area contributed by atoms with Crippen LogP contribution >= 0.6 is 22.7 Å². The number of aliphatic carboxylic acids is 1. The standard InChI is InChI=1S/C27H31N5O3S.C22H22N4O3S/c1-15(2)35-22-9-19-12-28-11-18(19)8-21(22)31-25-24-20-5-4-17(10-23(20)36-26(24)30-14-29-25)27(33)32-6-7-34-13-16(32)3;1-11(2)29-17-6-14-9-23-8-13(14)5-16(17)26-20-19-15-4-3-12(22(27)28)7-18(15)30-21(19)25-10-24-20/h8-9,11,14-17H,4-7,10,12-13H2,1-3H3,(H,29,30,31);5-6,8,10-12H,3-4,7,9H2,1-2H3,(H,27,28)(H,24,25,26)/t16-,17-;12-/m00/s1. The first-order valence-corrected chi connectivity index (χ1v) is 24.4. The third-order valence-electron chi connectivity index (χ3n) is 12.7. The second-order valence-electron chi connectivity index (χ2n) is 18.1. The molecule has 17 heteroatoms. The third kappa shape index (κ3) is 8.71. The number of anilines is 4. The van der Waals surface area contributed by atoms with Gasteiger partial charge in [0.25, 0.3) is 0 Å². The highest BCUT2D eigenvalue weighted by Gasteiger charge is 2.35. The van der Waals surface area contributed by atoms with Crippen molar-refractivity contribution in [1.82, 2.24) is 24.8 Å². The van der Waals surface area contributed by atoms with Gasteiger partial charge in [-0.25, -0.2) is 19.9 Å². The van der Waals surface area contributed by atoms with Gasteiger partial charge in [0.15, 0.2) is 0 Å². The number of nitrogens with zero attached hydrogens (tertiary/aromatic N) is 7. The van der Waals surface area contributed by atoms with Crippen LogP contribution in [0.4, 0.5) is 23.0 Å². The van der Waals surface area contributed by atoms with Crippen LogP contribution < -0.4 is 20.1 Å². The molecule has 0 bridgehead atoms. The molecule has 3 aliphatic heterocycles. The van der Waals surface area contributed by atoms with Gasteiger partial charge in [-0.1, -0.05) is 0 Å². The number of carboxylic acids is 1. The van der Waals surface area contributed by atoms with E-state index < -0.39 is 5.97 Å². The van der Waals surface area contributed by atoms with E-state index in [0.717, 1.165) is 102 Å². The number of carboxylic acid groups (broad SMARTS) is 1. The number of nitrogens with one attached hydrogen (secondary N) is 2. The fraction of sp³-hybridized carbons (Fsp3) is 0.429. The summed E-state index contributed by atoms with van der Waals surface area (Å²) in [5, 5.41) is 18.5. The predicted molar refractivity (Wildman–Crippen MR) is 259 cm³/mol. The average Bonchev–Trinajstić information content (AvgIpc) is 4.11. The Bertz CT molecular complexity index is 2930. The van der Waals surface area contributed by atoms with Gasteiger partial charge in [0.2, 0.25) is 5.91 Å². The van der Waals surface area contributed by atoms with E-state index in [2.05, 4.69) is 65.7 Å². The maximum Gasteiger partial charge on any atom is 0.306 e. The Morgan fingerprint density at radius 1 is 0.758 bits per heavy atom. The van der Waals surface area contributed by atoms with Crippen LogP contribution in [0.5, 0.6) is 11.5 Å². The zero-order valence-electron chi connectivity index (χ0n) is 37.7. The molecule has 0 saturated carbocycles. The van der Waals surface area contributed by atoms with Gasteiger partial charge in [-0.05, 0) is 131 Å². The van der Waals surface area contributed by atoms with Crippen molar-refractivity contribution in [3.05, 3.63) is 80.1 Å². The van der Waals surface area contributed by atoms with E-state index in [1.807, 2.05) is 51.1 Å². The molecule has 0 unspecified atom stereocenters. The summed E-state index contributed by atoms with van der Waals surface area (Å²) in [7, 11) is 0. The average molecular weight is 928 g/mol. The number of aromatic nitrogens is 4. The molecule has 1 fully saturated rings. The SMILES string of the molecule is CC(C)Oc1cc2c(cc1Nc1ncnc3sc4c(c13)CC[C@H](C(=O)N1CCOC[C@@H]1C)C4)C=NC2.CC(C)Oc1cc2c(cc1Nc1ncnc3sc4c(c13)CC[C@H](C(=O)O)C4)C=NC2. The van der Waals surface area contributed by atoms with E-state index in [0.29, 0.717) is 45.7 Å². The Hall–Kier alpha value is -6.04. The normalized spacial score (nSPS) is 19.3. The molecule has 342 valence electrons. The highest BCUT2D eigenvalue weighted by Crippen LogP contribution is 2.44. The van der Waals surface area contributed by atoms with Crippen LogP contribution in [-0.2, 0) is 53.1 Å². The monoisotopic (exact) mass is 927 g/mol. The van der Waals surface area contributed by atoms with E-state index in [1.165, 1.54) is 21.6 Å². The number of fused-ring (bicyclic) bond motifs is 8. The van der Waals surface area contributed by atoms with Crippen LogP contribution in [0.25, 0.3) is 20.4 Å². The molecule has 2 aliphatic carbocycles. The van der Waals surface area contributed by atoms with Crippen LogP contribution in [0, 0.1) is 11.8 Å². The van der Waals surface area contributed by atoms with Crippen molar-refractivity contribution in [3.8, 4) is 11.5 Å². The molecule has 5 aliphatic rings. The molecular weight excluding hydrogens is 875 g/mol. The Morgan fingerprint density at radius 2 is 1.27 bits per heavy atom. The summed E-state index contributed by atoms with van der Waals surface area (Å²) in [5.41, 5.74) is 8.66. The number of amides is 1. The van der Waals surface area contributed by atoms with Crippen molar-refractivity contribution in [2.45, 2.75) is 104 Å². The molecule has 3 N–H and O–H groups in total. The van der Waals surface area contributed by atoms with Gasteiger partial charge >= 0.3 is 5.97 Å². The number of aryl methyl sites for hydroxylation is 2. The zero-order chi connectivity index (χ0) is 45.6. The number of aliphatic imine (C=N–C) groups is 2. The highest BCUT2D eigenvalue weighted by molar-refractivity contribution is 7.19. The van der Waals surface area contributed by atoms with Crippen LogP contribution in [0.2, 0.25) is 0 Å². The maximum absolute atomic E-state index is 13.3. The van der Waals surface area contributed by atoms with Crippen molar-refractivity contribution >= 4 is 90.4 Å². The van der Waals surface area contributed by atoms with Crippen LogP contribution in [0.15, 0.2) is 46.9 Å². The molecule has 1 saturated heterocycles. The molecule has 7 heterocycles. The van der Waals surface area contributed by atoms with Crippen molar-refractivity contribution in [1.29, 1.82) is 0 Å². The van der Waals surface area contributed by atoms with Crippen LogP contribution in [0.3, 0.4) is 0 Å². The molecule has 66 heavy (non-hydrogen) atoms. The minimum Gasteiger partial charge on any atom is -0.489 e. The van der Waals surface area contributed by atoms with Crippen LogP contribution in [0.1, 0.15) is 90.6 Å². The molecule has 0 radical (unpaired) electrons. The van der Waals surface area contributed by atoms with Crippen molar-refractivity contribution < 1.29 is 28.9 Å². The molecule has 15 nitrogen and oxygen atoms in total. The maximum atomic E-state index is 13.3. The number of morpholine rings is 1. The van der Waals surface area contributed by atoms with Gasteiger partial charge < -0.3 is 34.9 Å². The number of carbonyl (C=O) groups is 2. The van der Waals surface area contributed by atoms with E-state index in [1.54, 1.807) is 35.3 Å². The lowest BCUT2D eigenvalue weighted by Crippen LogP contribution is -2.50. The molecule has 6 aromatic rings. The first kappa shape index (κ1) is 43.8. The quantitative estimate of drug-likeness (QED) is 0.119. The number of benzene rings is 2. The van der Waals surface area contributed by atoms with Gasteiger partial charge in [0.05, 0.1) is 72.6 Å². The van der Waals surface area contributed by atoms with Gasteiger partial charge in [-0.3, -0.25) is 19.6 Å². The summed E-state index contributed by atoms with van der Waals surface area (Å²) in [6, 6.07) is 8.40. The second kappa shape index (κ2) is 18.3. The predicted octanol–water partition coefficient (Wildman–Crippen LogP) is 8.85. The third-order valence-corrected chi connectivity index (χ3v) is 15.1. The lowest BCUT2D eigenvalue weighted by molar-refractivity contribution is -0.144. The number of carbonyl (C=O) groups excluding carboxylic acids is 1. The fourth-order valence-corrected chi connectivity index (χ4v) is 12.1. The molecule has 1 amide bonds. The van der Waals surface area contributed by atoms with E-state index in [4.69, 9.17) is 14.2 Å². The Labute approximate surface area is 390 Å². The second-order valence-corrected chi connectivity index (χ2v) is 20.3. The van der Waals surface area contributed by atoms with E-state index >= 15 is 0 Å². The van der Waals surface area contributed by atoms with Gasteiger partial charge in [0.1, 0.15) is 45.5 Å². The van der Waals surface area contributed by atoms with Gasteiger partial charge in [0, 0.05) is 34.6 Å². The topological polar surface area (TPSA) is 186 Å². The highest BCUT2D eigenvalue weighted by atomic mass is 32.1. The summed E-state index contributed by atoms with van der Waals surface area (Å²) in [6.07, 6.45) is 11.4. The summed E-state index contributed by atoms with van der Waals surface area (Å²) < 4.78 is 17.7. The number of ether oxygens (including phenoxy) is 3. The minimum atomic E-state index is -0.724. The Morgan fingerprint density at radius 3 is 1.77 bits per heavy atom. The zero-order valence-corrected chi connectivity index (χ0v) is 39.4. The number of hydrogen-bond acceptors (Lipinski definition) is 15. The summed E-state index contributed by atoms with van der Waals surface area (Å²) >= 11 is 3.26. The summed E-state index contributed by atoms with van der Waals surface area (Å²) in [5.74, 6) is 2.31. The van der Waals surface area contributed by atoms with E-state index in [-0.39, 0.29) is 36.0 Å². The van der Waals surface area contributed by atoms with Crippen LogP contribution in [-0.4, -0.2) is 92.3 Å². The molecule has 4 aromatic heterocycles. The summed E-state index contributed by atoms with van der Waals surface area (Å²) in [4.78, 5) is 58.0. The number of thiophene rings is 2. The largest absolute Gasteiger partial charge is 0.489 e. The molecule has 11 rings (SSSR count). The smallest absolute Gasteiger partial charge is 0.306 e. The Balaban J connectivity index is 0.000000158. The first-order valence-electron chi connectivity index (χ1n) is 22.8. The number of rotatable bonds is 10.